The number of benzene rings is 3. The highest BCUT2D eigenvalue weighted by atomic mass is 16.3. The van der Waals surface area contributed by atoms with E-state index in [2.05, 4.69) is 0 Å². The Hall–Kier alpha value is -3.13. The van der Waals surface area contributed by atoms with Crippen LogP contribution in [0.3, 0.4) is 0 Å². The number of hydrogen-bond acceptors (Lipinski definition) is 2. The summed E-state index contributed by atoms with van der Waals surface area (Å²) in [6, 6.07) is 25.6. The molecule has 1 N–H and O–H groups in total. The van der Waals surface area contributed by atoms with Gasteiger partial charge >= 0.3 is 0 Å². The predicted molar refractivity (Wildman–Crippen MR) is 98.6 cm³/mol. The van der Waals surface area contributed by atoms with Crippen molar-refractivity contribution in [1.82, 2.24) is 0 Å². The van der Waals surface area contributed by atoms with E-state index in [1.165, 1.54) is 13.0 Å². The van der Waals surface area contributed by atoms with Gasteiger partial charge in [0.05, 0.1) is 0 Å². The number of carbonyl (C=O) groups excluding carboxylic acids is 1. The fourth-order valence-corrected chi connectivity index (χ4v) is 2.81. The third-order valence-corrected chi connectivity index (χ3v) is 3.83. The van der Waals surface area contributed by atoms with Crippen LogP contribution in [0, 0.1) is 0 Å². The average molecular weight is 314 g/mol. The molecule has 2 heteroatoms. The molecule has 0 saturated carbocycles. The largest absolute Gasteiger partial charge is 0.507 e. The van der Waals surface area contributed by atoms with Gasteiger partial charge in [0.15, 0.2) is 5.78 Å². The van der Waals surface area contributed by atoms with E-state index in [4.69, 9.17) is 0 Å². The van der Waals surface area contributed by atoms with Crippen LogP contribution in [-0.4, -0.2) is 10.9 Å². The van der Waals surface area contributed by atoms with Crippen molar-refractivity contribution in [2.75, 3.05) is 0 Å². The van der Waals surface area contributed by atoms with Crippen molar-refractivity contribution in [3.63, 3.8) is 0 Å². The zero-order valence-electron chi connectivity index (χ0n) is 13.4. The number of aliphatic hydroxyl groups is 1. The summed E-state index contributed by atoms with van der Waals surface area (Å²) < 4.78 is 0. The molecule has 2 nitrogen and oxygen atoms in total. The van der Waals surface area contributed by atoms with Crippen molar-refractivity contribution < 1.29 is 9.90 Å². The molecule has 118 valence electrons. The average Bonchev–Trinajstić information content (AvgIpc) is 2.62. The second-order valence-electron chi connectivity index (χ2n) is 5.60. The highest BCUT2D eigenvalue weighted by molar-refractivity contribution is 5.98. The highest BCUT2D eigenvalue weighted by Gasteiger charge is 2.15. The van der Waals surface area contributed by atoms with Crippen LogP contribution < -0.4 is 0 Å². The van der Waals surface area contributed by atoms with E-state index in [0.29, 0.717) is 5.56 Å². The topological polar surface area (TPSA) is 37.3 Å². The van der Waals surface area contributed by atoms with E-state index in [1.807, 2.05) is 78.9 Å². The van der Waals surface area contributed by atoms with Gasteiger partial charge in [0.1, 0.15) is 5.76 Å². The first-order valence-corrected chi connectivity index (χ1v) is 7.82. The minimum absolute atomic E-state index is 0.0131. The Morgan fingerprint density at radius 3 is 1.62 bits per heavy atom. The molecule has 0 bridgehead atoms. The molecule has 0 aliphatic rings. The first-order chi connectivity index (χ1) is 11.7. The number of hydrogen-bond donors (Lipinski definition) is 1. The fourth-order valence-electron chi connectivity index (χ4n) is 2.81. The first kappa shape index (κ1) is 15.8. The van der Waals surface area contributed by atoms with Gasteiger partial charge in [-0.05, 0) is 29.2 Å². The van der Waals surface area contributed by atoms with E-state index in [9.17, 15) is 9.90 Å². The molecule has 0 spiro atoms. The van der Waals surface area contributed by atoms with Gasteiger partial charge in [-0.3, -0.25) is 4.79 Å². The van der Waals surface area contributed by atoms with Crippen LogP contribution in [0.5, 0.6) is 0 Å². The molecule has 3 rings (SSSR count). The van der Waals surface area contributed by atoms with E-state index >= 15 is 0 Å². The Balaban J connectivity index is 2.30. The van der Waals surface area contributed by atoms with Crippen molar-refractivity contribution in [3.8, 4) is 22.3 Å². The predicted octanol–water partition coefficient (Wildman–Crippen LogP) is 5.51. The Bertz CT molecular complexity index is 821. The highest BCUT2D eigenvalue weighted by Crippen LogP contribution is 2.36. The van der Waals surface area contributed by atoms with Crippen molar-refractivity contribution in [2.45, 2.75) is 6.92 Å². The standard InChI is InChI=1S/C22H18O2/c1-16(23)15-21(24)22-19(17-9-4-2-5-10-17)13-8-14-20(22)18-11-6-3-7-12-18/h2-15,24H,1H3. The summed E-state index contributed by atoms with van der Waals surface area (Å²) >= 11 is 0. The lowest BCUT2D eigenvalue weighted by atomic mass is 9.90. The number of allylic oxidation sites excluding steroid dienone is 1. The molecule has 0 saturated heterocycles. The molecule has 0 aliphatic heterocycles. The lowest BCUT2D eigenvalue weighted by Gasteiger charge is -2.15. The maximum absolute atomic E-state index is 11.5. The van der Waals surface area contributed by atoms with E-state index < -0.39 is 0 Å². The monoisotopic (exact) mass is 314 g/mol. The molecule has 24 heavy (non-hydrogen) atoms. The third kappa shape index (κ3) is 3.28. The van der Waals surface area contributed by atoms with E-state index in [-0.39, 0.29) is 11.5 Å². The molecule has 0 unspecified atom stereocenters. The second-order valence-corrected chi connectivity index (χ2v) is 5.60. The SMILES string of the molecule is CC(=O)C=C(O)c1c(-c2ccccc2)cccc1-c1ccccc1. The Labute approximate surface area is 141 Å². The van der Waals surface area contributed by atoms with Gasteiger partial charge in [-0.15, -0.1) is 0 Å². The first-order valence-electron chi connectivity index (χ1n) is 7.82. The summed E-state index contributed by atoms with van der Waals surface area (Å²) in [5, 5.41) is 10.6. The van der Waals surface area contributed by atoms with Gasteiger partial charge in [0.25, 0.3) is 0 Å². The van der Waals surface area contributed by atoms with Crippen LogP contribution in [0.4, 0.5) is 0 Å². The van der Waals surface area contributed by atoms with Crippen LogP contribution in [0.2, 0.25) is 0 Å². The normalized spacial score (nSPS) is 11.3. The minimum Gasteiger partial charge on any atom is -0.507 e. The van der Waals surface area contributed by atoms with Gasteiger partial charge in [-0.2, -0.15) is 0 Å². The van der Waals surface area contributed by atoms with Crippen molar-refractivity contribution in [2.24, 2.45) is 0 Å². The van der Waals surface area contributed by atoms with Gasteiger partial charge in [-0.1, -0.05) is 78.9 Å². The maximum atomic E-state index is 11.5. The molecule has 0 fully saturated rings. The van der Waals surface area contributed by atoms with Gasteiger partial charge in [0.2, 0.25) is 0 Å². The van der Waals surface area contributed by atoms with Crippen LogP contribution in [0.1, 0.15) is 12.5 Å². The van der Waals surface area contributed by atoms with Gasteiger partial charge < -0.3 is 5.11 Å². The van der Waals surface area contributed by atoms with Crippen molar-refractivity contribution >= 4 is 11.5 Å². The van der Waals surface area contributed by atoms with Crippen LogP contribution in [0.15, 0.2) is 84.9 Å². The summed E-state index contributed by atoms with van der Waals surface area (Å²) in [6.07, 6.45) is 1.27. The molecular weight excluding hydrogens is 296 g/mol. The third-order valence-electron chi connectivity index (χ3n) is 3.83. The summed E-state index contributed by atoms with van der Waals surface area (Å²) in [6.45, 7) is 1.43. The molecule has 0 heterocycles. The molecule has 3 aromatic rings. The zero-order valence-corrected chi connectivity index (χ0v) is 13.4. The molecular formula is C22H18O2. The van der Waals surface area contributed by atoms with Gasteiger partial charge in [-0.25, -0.2) is 0 Å². The quantitative estimate of drug-likeness (QED) is 0.509. The molecule has 0 aromatic heterocycles. The Kier molecular flexibility index (Phi) is 4.57. The van der Waals surface area contributed by atoms with Crippen LogP contribution in [0.25, 0.3) is 28.0 Å². The summed E-state index contributed by atoms with van der Waals surface area (Å²) in [5.41, 5.74) is 4.45. The van der Waals surface area contributed by atoms with Crippen LogP contribution in [-0.2, 0) is 4.79 Å². The zero-order chi connectivity index (χ0) is 16.9. The fraction of sp³-hybridized carbons (Fsp3) is 0.0455. The van der Waals surface area contributed by atoms with E-state index in [0.717, 1.165) is 22.3 Å². The molecule has 3 aromatic carbocycles. The smallest absolute Gasteiger partial charge is 0.156 e. The second kappa shape index (κ2) is 6.97. The molecule has 0 amide bonds. The number of aliphatic hydroxyl groups excluding tert-OH is 1. The lowest BCUT2D eigenvalue weighted by molar-refractivity contribution is -0.112. The van der Waals surface area contributed by atoms with E-state index in [1.54, 1.807) is 0 Å². The Morgan fingerprint density at radius 1 is 0.750 bits per heavy atom. The van der Waals surface area contributed by atoms with Crippen LogP contribution >= 0.6 is 0 Å². The lowest BCUT2D eigenvalue weighted by Crippen LogP contribution is -1.96. The summed E-state index contributed by atoms with van der Waals surface area (Å²) in [5.74, 6) is -0.199. The Morgan fingerprint density at radius 2 is 1.21 bits per heavy atom. The molecule has 0 atom stereocenters. The number of ketones is 1. The summed E-state index contributed by atoms with van der Waals surface area (Å²) in [4.78, 5) is 11.5. The summed E-state index contributed by atoms with van der Waals surface area (Å²) in [7, 11) is 0. The molecule has 0 aliphatic carbocycles. The molecule has 0 radical (unpaired) electrons. The van der Waals surface area contributed by atoms with Crippen molar-refractivity contribution in [1.29, 1.82) is 0 Å². The minimum atomic E-state index is -0.186. The van der Waals surface area contributed by atoms with Gasteiger partial charge in [0, 0.05) is 11.6 Å². The van der Waals surface area contributed by atoms with Crippen molar-refractivity contribution in [3.05, 3.63) is 90.5 Å². The number of carbonyl (C=O) groups is 1. The number of rotatable bonds is 4. The maximum Gasteiger partial charge on any atom is 0.156 e.